The normalized spacial score (nSPS) is 15.1. The maximum atomic E-state index is 12.2. The first-order valence-corrected chi connectivity index (χ1v) is 4.64. The van der Waals surface area contributed by atoms with Gasteiger partial charge in [0.15, 0.2) is 5.92 Å². The number of carbonyl (C=O) groups is 1. The van der Waals surface area contributed by atoms with Crippen LogP contribution >= 0.6 is 0 Å². The lowest BCUT2D eigenvalue weighted by Gasteiger charge is -2.27. The van der Waals surface area contributed by atoms with E-state index in [1.54, 1.807) is 13.8 Å². The van der Waals surface area contributed by atoms with Crippen molar-refractivity contribution < 1.29 is 23.1 Å². The summed E-state index contributed by atoms with van der Waals surface area (Å²) < 4.78 is 36.7. The molecule has 90 valence electrons. The molecule has 0 aromatic rings. The molecule has 1 unspecified atom stereocenters. The van der Waals surface area contributed by atoms with E-state index in [0.717, 1.165) is 0 Å². The van der Waals surface area contributed by atoms with Crippen LogP contribution in [-0.4, -0.2) is 29.3 Å². The lowest BCUT2D eigenvalue weighted by atomic mass is 10.0. The van der Waals surface area contributed by atoms with Gasteiger partial charge in [-0.2, -0.15) is 13.2 Å². The summed E-state index contributed by atoms with van der Waals surface area (Å²) in [6.45, 7) is 4.67. The second kappa shape index (κ2) is 4.83. The highest BCUT2D eigenvalue weighted by atomic mass is 19.4. The number of alkyl halides is 3. The number of nitrogens with one attached hydrogen (secondary N) is 1. The minimum absolute atomic E-state index is 0.487. The molecule has 15 heavy (non-hydrogen) atoms. The van der Waals surface area contributed by atoms with Gasteiger partial charge in [0.25, 0.3) is 0 Å². The third-order valence-corrected chi connectivity index (χ3v) is 2.36. The summed E-state index contributed by atoms with van der Waals surface area (Å²) >= 11 is 0. The molecule has 0 fully saturated rings. The van der Waals surface area contributed by atoms with Gasteiger partial charge < -0.3 is 10.4 Å². The van der Waals surface area contributed by atoms with Crippen molar-refractivity contribution in [2.24, 2.45) is 5.92 Å². The summed E-state index contributed by atoms with van der Waals surface area (Å²) in [6.07, 6.45) is -4.08. The second-order valence-electron chi connectivity index (χ2n) is 4.05. The highest BCUT2D eigenvalue weighted by Gasteiger charge is 2.45. The van der Waals surface area contributed by atoms with E-state index in [2.05, 4.69) is 5.32 Å². The highest BCUT2D eigenvalue weighted by molar-refractivity contribution is 5.71. The first-order chi connectivity index (χ1) is 6.60. The van der Waals surface area contributed by atoms with Crippen molar-refractivity contribution in [3.63, 3.8) is 0 Å². The molecule has 3 nitrogen and oxygen atoms in total. The Labute approximate surface area is 86.7 Å². The van der Waals surface area contributed by atoms with Crippen molar-refractivity contribution in [3.8, 4) is 0 Å². The number of aliphatic carboxylic acids is 1. The van der Waals surface area contributed by atoms with E-state index in [1.165, 1.54) is 0 Å². The van der Waals surface area contributed by atoms with Crippen LogP contribution in [0.1, 0.15) is 27.2 Å². The summed E-state index contributed by atoms with van der Waals surface area (Å²) in [5, 5.41) is 11.0. The molecule has 0 aliphatic carbocycles. The Kier molecular flexibility index (Phi) is 4.58. The molecular formula is C9H16F3NO2. The van der Waals surface area contributed by atoms with E-state index in [-0.39, 0.29) is 0 Å². The third kappa shape index (κ3) is 5.01. The molecule has 0 saturated carbocycles. The predicted molar refractivity (Wildman–Crippen MR) is 49.6 cm³/mol. The van der Waals surface area contributed by atoms with Crippen molar-refractivity contribution in [2.75, 3.05) is 6.54 Å². The zero-order chi connectivity index (χ0) is 12.3. The lowest BCUT2D eigenvalue weighted by molar-refractivity contribution is -0.192. The molecule has 0 aliphatic rings. The Balaban J connectivity index is 4.40. The number of halogens is 3. The van der Waals surface area contributed by atoms with Gasteiger partial charge in [-0.15, -0.1) is 0 Å². The Morgan fingerprint density at radius 1 is 1.40 bits per heavy atom. The second-order valence-corrected chi connectivity index (χ2v) is 4.05. The average molecular weight is 227 g/mol. The van der Waals surface area contributed by atoms with E-state index in [4.69, 9.17) is 5.11 Å². The van der Waals surface area contributed by atoms with Crippen LogP contribution in [0.2, 0.25) is 0 Å². The van der Waals surface area contributed by atoms with Crippen LogP contribution in [0.5, 0.6) is 0 Å². The SMILES string of the molecule is CCC(C)(C)NCC(C(=O)O)C(F)(F)F. The minimum Gasteiger partial charge on any atom is -0.481 e. The van der Waals surface area contributed by atoms with Crippen molar-refractivity contribution in [1.29, 1.82) is 0 Å². The zero-order valence-electron chi connectivity index (χ0n) is 8.98. The highest BCUT2D eigenvalue weighted by Crippen LogP contribution is 2.26. The van der Waals surface area contributed by atoms with Crippen LogP contribution < -0.4 is 5.32 Å². The van der Waals surface area contributed by atoms with Gasteiger partial charge >= 0.3 is 12.1 Å². The summed E-state index contributed by atoms with van der Waals surface area (Å²) in [7, 11) is 0. The van der Waals surface area contributed by atoms with Crippen molar-refractivity contribution in [3.05, 3.63) is 0 Å². The summed E-state index contributed by atoms with van der Waals surface area (Å²) in [4.78, 5) is 10.4. The fourth-order valence-electron chi connectivity index (χ4n) is 0.846. The topological polar surface area (TPSA) is 49.3 Å². The molecule has 2 N–H and O–H groups in total. The molecule has 1 atom stereocenters. The maximum absolute atomic E-state index is 12.2. The third-order valence-electron chi connectivity index (χ3n) is 2.36. The molecule has 0 amide bonds. The number of carboxylic acid groups (broad SMARTS) is 1. The van der Waals surface area contributed by atoms with Gasteiger partial charge in [-0.25, -0.2) is 0 Å². The molecule has 0 rings (SSSR count). The van der Waals surface area contributed by atoms with Gasteiger partial charge in [0, 0.05) is 12.1 Å². The molecule has 0 spiro atoms. The Morgan fingerprint density at radius 2 is 1.87 bits per heavy atom. The monoisotopic (exact) mass is 227 g/mol. The van der Waals surface area contributed by atoms with E-state index in [1.807, 2.05) is 6.92 Å². The van der Waals surface area contributed by atoms with E-state index < -0.39 is 30.1 Å². The molecule has 0 aromatic heterocycles. The number of rotatable bonds is 5. The van der Waals surface area contributed by atoms with Crippen LogP contribution in [0.4, 0.5) is 13.2 Å². The standard InChI is InChI=1S/C9H16F3NO2/c1-4-8(2,3)13-5-6(7(14)15)9(10,11)12/h6,13H,4-5H2,1-3H3,(H,14,15). The van der Waals surface area contributed by atoms with Gasteiger partial charge in [-0.1, -0.05) is 6.92 Å². The molecule has 0 aromatic carbocycles. The van der Waals surface area contributed by atoms with Crippen molar-refractivity contribution >= 4 is 5.97 Å². The molecule has 0 bridgehead atoms. The molecule has 0 radical (unpaired) electrons. The first kappa shape index (κ1) is 14.2. The van der Waals surface area contributed by atoms with Crippen LogP contribution in [0, 0.1) is 5.92 Å². The van der Waals surface area contributed by atoms with E-state index in [9.17, 15) is 18.0 Å². The van der Waals surface area contributed by atoms with Gasteiger partial charge in [0.1, 0.15) is 0 Å². The fraction of sp³-hybridized carbons (Fsp3) is 0.889. The largest absolute Gasteiger partial charge is 0.481 e. The summed E-state index contributed by atoms with van der Waals surface area (Å²) in [5.74, 6) is -4.19. The number of hydrogen-bond acceptors (Lipinski definition) is 2. The smallest absolute Gasteiger partial charge is 0.403 e. The van der Waals surface area contributed by atoms with Gasteiger partial charge in [-0.05, 0) is 20.3 Å². The number of carboxylic acids is 1. The lowest BCUT2D eigenvalue weighted by Crippen LogP contribution is -2.46. The quantitative estimate of drug-likeness (QED) is 0.755. The van der Waals surface area contributed by atoms with Crippen molar-refractivity contribution in [1.82, 2.24) is 5.32 Å². The molecule has 0 heterocycles. The van der Waals surface area contributed by atoms with Crippen molar-refractivity contribution in [2.45, 2.75) is 38.9 Å². The van der Waals surface area contributed by atoms with Crippen LogP contribution in [0.25, 0.3) is 0 Å². The molecule has 0 saturated heterocycles. The van der Waals surface area contributed by atoms with Crippen LogP contribution in [0.15, 0.2) is 0 Å². The van der Waals surface area contributed by atoms with Gasteiger partial charge in [0.2, 0.25) is 0 Å². The average Bonchev–Trinajstić information content (AvgIpc) is 2.01. The number of hydrogen-bond donors (Lipinski definition) is 2. The Bertz CT molecular complexity index is 226. The molecular weight excluding hydrogens is 211 g/mol. The predicted octanol–water partition coefficient (Wildman–Crippen LogP) is 2.03. The molecule has 6 heteroatoms. The van der Waals surface area contributed by atoms with Crippen LogP contribution in [0.3, 0.4) is 0 Å². The van der Waals surface area contributed by atoms with E-state index >= 15 is 0 Å². The van der Waals surface area contributed by atoms with E-state index in [0.29, 0.717) is 6.42 Å². The zero-order valence-corrected chi connectivity index (χ0v) is 8.98. The fourth-order valence-corrected chi connectivity index (χ4v) is 0.846. The maximum Gasteiger partial charge on any atom is 0.403 e. The van der Waals surface area contributed by atoms with Gasteiger partial charge in [0.05, 0.1) is 0 Å². The first-order valence-electron chi connectivity index (χ1n) is 4.64. The van der Waals surface area contributed by atoms with Crippen LogP contribution in [-0.2, 0) is 4.79 Å². The summed E-state index contributed by atoms with van der Waals surface area (Å²) in [5.41, 5.74) is -0.487. The summed E-state index contributed by atoms with van der Waals surface area (Å²) in [6, 6.07) is 0. The Hall–Kier alpha value is -0.780. The Morgan fingerprint density at radius 3 is 2.13 bits per heavy atom. The minimum atomic E-state index is -4.71. The van der Waals surface area contributed by atoms with Gasteiger partial charge in [-0.3, -0.25) is 4.79 Å². The molecule has 0 aliphatic heterocycles.